The maximum absolute atomic E-state index is 11.4. The number of hydrogen-bond acceptors (Lipinski definition) is 5. The Morgan fingerprint density at radius 1 is 1.41 bits per heavy atom. The third-order valence-electron chi connectivity index (χ3n) is 3.03. The smallest absolute Gasteiger partial charge is 0.151 e. The topological polar surface area (TPSA) is 80.3 Å². The summed E-state index contributed by atoms with van der Waals surface area (Å²) < 4.78 is 45.2. The summed E-state index contributed by atoms with van der Waals surface area (Å²) in [4.78, 5) is 0. The van der Waals surface area contributed by atoms with Gasteiger partial charge in [-0.15, -0.1) is 0 Å². The highest BCUT2D eigenvalue weighted by Gasteiger charge is 2.28. The van der Waals surface area contributed by atoms with E-state index in [1.54, 1.807) is 6.92 Å². The van der Waals surface area contributed by atoms with Crippen LogP contribution < -0.4 is 5.32 Å². The van der Waals surface area contributed by atoms with Crippen LogP contribution in [0.1, 0.15) is 20.3 Å². The van der Waals surface area contributed by atoms with Gasteiger partial charge in [-0.25, -0.2) is 16.8 Å². The summed E-state index contributed by atoms with van der Waals surface area (Å²) >= 11 is 0. The van der Waals surface area contributed by atoms with Crippen molar-refractivity contribution in [2.45, 2.75) is 26.3 Å². The fourth-order valence-electron chi connectivity index (χ4n) is 1.96. The molecule has 0 amide bonds. The van der Waals surface area contributed by atoms with Crippen LogP contribution in [0.3, 0.4) is 0 Å². The molecule has 0 radical (unpaired) electrons. The van der Waals surface area contributed by atoms with Crippen molar-refractivity contribution in [3.05, 3.63) is 0 Å². The van der Waals surface area contributed by atoms with Gasteiger partial charge in [-0.2, -0.15) is 0 Å². The van der Waals surface area contributed by atoms with Crippen molar-refractivity contribution in [1.29, 1.82) is 0 Å². The average molecular weight is 283 g/mol. The molecule has 102 valence electrons. The third-order valence-corrected chi connectivity index (χ3v) is 6.75. The van der Waals surface area contributed by atoms with Gasteiger partial charge in [0.1, 0.15) is 0 Å². The van der Waals surface area contributed by atoms with E-state index in [1.165, 1.54) is 0 Å². The summed E-state index contributed by atoms with van der Waals surface area (Å²) in [6, 6.07) is -0.122. The monoisotopic (exact) mass is 283 g/mol. The van der Waals surface area contributed by atoms with Gasteiger partial charge < -0.3 is 5.32 Å². The van der Waals surface area contributed by atoms with Crippen LogP contribution in [0, 0.1) is 5.92 Å². The highest BCUT2D eigenvalue weighted by molar-refractivity contribution is 7.91. The summed E-state index contributed by atoms with van der Waals surface area (Å²) in [6.45, 7) is 4.03. The first-order valence-electron chi connectivity index (χ1n) is 5.88. The van der Waals surface area contributed by atoms with Crippen molar-refractivity contribution < 1.29 is 16.8 Å². The minimum atomic E-state index is -2.97. The molecular weight excluding hydrogens is 262 g/mol. The molecule has 1 fully saturated rings. The van der Waals surface area contributed by atoms with Crippen molar-refractivity contribution in [3.63, 3.8) is 0 Å². The molecule has 0 aromatic rings. The average Bonchev–Trinajstić information content (AvgIpc) is 2.55. The minimum absolute atomic E-state index is 0.114. The van der Waals surface area contributed by atoms with E-state index in [9.17, 15) is 16.8 Å². The van der Waals surface area contributed by atoms with Crippen molar-refractivity contribution >= 4 is 19.7 Å². The van der Waals surface area contributed by atoms with Gasteiger partial charge in [-0.3, -0.25) is 0 Å². The molecule has 0 saturated carbocycles. The first-order chi connectivity index (χ1) is 7.74. The number of rotatable bonds is 6. The Bertz CT molecular complexity index is 441. The fraction of sp³-hybridized carbons (Fsp3) is 1.00. The molecule has 0 aromatic heterocycles. The largest absolute Gasteiger partial charge is 0.313 e. The molecule has 1 N–H and O–H groups in total. The summed E-state index contributed by atoms with van der Waals surface area (Å²) in [5.41, 5.74) is 0. The zero-order valence-electron chi connectivity index (χ0n) is 10.3. The van der Waals surface area contributed by atoms with Crippen LogP contribution in [-0.4, -0.2) is 52.4 Å². The Hall–Kier alpha value is -0.140. The van der Waals surface area contributed by atoms with E-state index in [2.05, 4.69) is 5.32 Å². The fourth-order valence-corrected chi connectivity index (χ4v) is 4.94. The van der Waals surface area contributed by atoms with Crippen LogP contribution >= 0.6 is 0 Å². The third kappa shape index (κ3) is 5.35. The number of hydrogen-bond donors (Lipinski definition) is 1. The maximum Gasteiger partial charge on any atom is 0.151 e. The van der Waals surface area contributed by atoms with Gasteiger partial charge in [0.25, 0.3) is 0 Å². The first kappa shape index (κ1) is 14.9. The molecule has 0 bridgehead atoms. The second kappa shape index (κ2) is 5.67. The molecule has 1 aliphatic heterocycles. The van der Waals surface area contributed by atoms with E-state index in [-0.39, 0.29) is 35.0 Å². The molecule has 17 heavy (non-hydrogen) atoms. The van der Waals surface area contributed by atoms with E-state index in [0.29, 0.717) is 13.0 Å². The molecule has 1 rings (SSSR count). The lowest BCUT2D eigenvalue weighted by Crippen LogP contribution is -2.37. The molecule has 0 spiro atoms. The minimum Gasteiger partial charge on any atom is -0.313 e. The molecule has 2 unspecified atom stereocenters. The van der Waals surface area contributed by atoms with Gasteiger partial charge in [0.2, 0.25) is 0 Å². The number of nitrogens with one attached hydrogen (secondary N) is 1. The van der Waals surface area contributed by atoms with Crippen LogP contribution in [0.5, 0.6) is 0 Å². The van der Waals surface area contributed by atoms with Crippen molar-refractivity contribution in [2.24, 2.45) is 5.92 Å². The van der Waals surface area contributed by atoms with E-state index < -0.39 is 19.7 Å². The van der Waals surface area contributed by atoms with Crippen LogP contribution in [0.15, 0.2) is 0 Å². The van der Waals surface area contributed by atoms with Gasteiger partial charge >= 0.3 is 0 Å². The molecule has 2 atom stereocenters. The van der Waals surface area contributed by atoms with Crippen molar-refractivity contribution in [3.8, 4) is 0 Å². The van der Waals surface area contributed by atoms with E-state index in [0.717, 1.165) is 0 Å². The quantitative estimate of drug-likeness (QED) is 0.732. The van der Waals surface area contributed by atoms with Gasteiger partial charge in [0, 0.05) is 11.8 Å². The molecular formula is C10H21NO4S2. The van der Waals surface area contributed by atoms with Gasteiger partial charge in [-0.05, 0) is 25.8 Å². The summed E-state index contributed by atoms with van der Waals surface area (Å²) in [7, 11) is -5.81. The Labute approximate surface area is 104 Å². The SMILES string of the molecule is CCS(=O)(=O)CC(C)NCC1CCS(=O)(=O)C1. The molecule has 5 nitrogen and oxygen atoms in total. The second-order valence-corrected chi connectivity index (χ2v) is 9.40. The van der Waals surface area contributed by atoms with E-state index >= 15 is 0 Å². The van der Waals surface area contributed by atoms with Crippen LogP contribution in [0.2, 0.25) is 0 Å². The highest BCUT2D eigenvalue weighted by Crippen LogP contribution is 2.17. The summed E-state index contributed by atoms with van der Waals surface area (Å²) in [5, 5.41) is 3.11. The molecule has 7 heteroatoms. The van der Waals surface area contributed by atoms with Gasteiger partial charge in [0.15, 0.2) is 19.7 Å². The Morgan fingerprint density at radius 2 is 2.06 bits per heavy atom. The molecule has 0 aromatic carbocycles. The lowest BCUT2D eigenvalue weighted by Gasteiger charge is -2.16. The van der Waals surface area contributed by atoms with Crippen LogP contribution in [0.4, 0.5) is 0 Å². The van der Waals surface area contributed by atoms with Crippen molar-refractivity contribution in [1.82, 2.24) is 5.32 Å². The zero-order valence-corrected chi connectivity index (χ0v) is 12.0. The van der Waals surface area contributed by atoms with E-state index in [4.69, 9.17) is 0 Å². The molecule has 1 heterocycles. The standard InChI is InChI=1S/C10H21NO4S2/c1-3-16(12,13)7-9(2)11-6-10-4-5-17(14,15)8-10/h9-11H,3-8H2,1-2H3. The second-order valence-electron chi connectivity index (χ2n) is 4.78. The first-order valence-corrected chi connectivity index (χ1v) is 9.52. The Balaban J connectivity index is 2.32. The lowest BCUT2D eigenvalue weighted by molar-refractivity contribution is 0.481. The zero-order chi connectivity index (χ0) is 13.1. The van der Waals surface area contributed by atoms with Crippen LogP contribution in [0.25, 0.3) is 0 Å². The summed E-state index contributed by atoms with van der Waals surface area (Å²) in [5.74, 6) is 0.889. The molecule has 0 aliphatic carbocycles. The predicted molar refractivity (Wildman–Crippen MR) is 68.6 cm³/mol. The molecule has 1 saturated heterocycles. The molecule has 1 aliphatic rings. The lowest BCUT2D eigenvalue weighted by atomic mass is 10.1. The van der Waals surface area contributed by atoms with Gasteiger partial charge in [0.05, 0.1) is 17.3 Å². The number of sulfone groups is 2. The van der Waals surface area contributed by atoms with Crippen molar-refractivity contribution in [2.75, 3.05) is 29.6 Å². The summed E-state index contributed by atoms with van der Waals surface area (Å²) in [6.07, 6.45) is 0.683. The Morgan fingerprint density at radius 3 is 2.53 bits per heavy atom. The van der Waals surface area contributed by atoms with Gasteiger partial charge in [-0.1, -0.05) is 6.92 Å². The van der Waals surface area contributed by atoms with E-state index in [1.807, 2.05) is 6.92 Å². The van der Waals surface area contributed by atoms with Crippen LogP contribution in [-0.2, 0) is 19.7 Å². The predicted octanol–water partition coefficient (Wildman–Crippen LogP) is -0.166. The highest BCUT2D eigenvalue weighted by atomic mass is 32.2. The Kier molecular flexibility index (Phi) is 4.97. The normalized spacial score (nSPS) is 25.9. The maximum atomic E-state index is 11.4.